The molecule has 0 aliphatic carbocycles. The topological polar surface area (TPSA) is 70.0 Å². The molecule has 0 fully saturated rings. The molecule has 112 valence electrons. The molecule has 0 bridgehead atoms. The van der Waals surface area contributed by atoms with Gasteiger partial charge in [0.25, 0.3) is 0 Å². The average Bonchev–Trinajstić information content (AvgIpc) is 2.55. The molecule has 0 saturated carbocycles. The fourth-order valence-corrected chi connectivity index (χ4v) is 4.68. The van der Waals surface area contributed by atoms with Crippen LogP contribution in [-0.2, 0) is 9.53 Å². The minimum absolute atomic E-state index is 0.142. The van der Waals surface area contributed by atoms with E-state index < -0.39 is 10.8 Å². The molecule has 0 amide bonds. The molecule has 7 heteroatoms. The van der Waals surface area contributed by atoms with E-state index in [1.54, 1.807) is 23.4 Å². The summed E-state index contributed by atoms with van der Waals surface area (Å²) in [5, 5.41) is 0. The van der Waals surface area contributed by atoms with Crippen LogP contribution in [0.25, 0.3) is 0 Å². The smallest absolute Gasteiger partial charge is 0.307 e. The Morgan fingerprint density at radius 2 is 2.20 bits per heavy atom. The monoisotopic (exact) mass is 363 g/mol. The molecule has 0 spiro atoms. The van der Waals surface area contributed by atoms with Crippen molar-refractivity contribution >= 4 is 32.7 Å². The lowest BCUT2D eigenvalue weighted by molar-refractivity contribution is -0.143. The summed E-state index contributed by atoms with van der Waals surface area (Å²) >= 11 is 3.39. The lowest BCUT2D eigenvalue weighted by Gasteiger charge is -2.38. The number of carbonyl (C=O) groups is 1. The fraction of sp³-hybridized carbons (Fsp3) is 0.462. The van der Waals surface area contributed by atoms with E-state index in [1.807, 2.05) is 13.0 Å². The predicted octanol–water partition coefficient (Wildman–Crippen LogP) is 3.80. The highest BCUT2D eigenvalue weighted by molar-refractivity contribution is 9.10. The van der Waals surface area contributed by atoms with Gasteiger partial charge in [0.2, 0.25) is 0 Å². The van der Waals surface area contributed by atoms with Crippen molar-refractivity contribution in [3.05, 3.63) is 28.2 Å². The van der Waals surface area contributed by atoms with Gasteiger partial charge in [0.05, 0.1) is 24.0 Å². The van der Waals surface area contributed by atoms with Gasteiger partial charge in [-0.3, -0.25) is 13.9 Å². The van der Waals surface area contributed by atoms with Crippen molar-refractivity contribution in [2.45, 2.75) is 31.2 Å². The van der Waals surface area contributed by atoms with Gasteiger partial charge in [-0.2, -0.15) is 4.31 Å². The van der Waals surface area contributed by atoms with E-state index in [0.29, 0.717) is 11.5 Å². The molecule has 20 heavy (non-hydrogen) atoms. The van der Waals surface area contributed by atoms with Crippen LogP contribution in [0, 0.1) is 0 Å². The van der Waals surface area contributed by atoms with Crippen LogP contribution in [-0.4, -0.2) is 32.5 Å². The zero-order valence-electron chi connectivity index (χ0n) is 11.4. The number of ether oxygens (including phenoxy) is 1. The maximum atomic E-state index is 11.4. The number of esters is 1. The first-order valence-electron chi connectivity index (χ1n) is 6.38. The molecule has 0 saturated heterocycles. The second kappa shape index (κ2) is 6.03. The summed E-state index contributed by atoms with van der Waals surface area (Å²) in [5.41, 5.74) is 0.878. The molecule has 0 radical (unpaired) electrons. The average molecular weight is 364 g/mol. The van der Waals surface area contributed by atoms with Gasteiger partial charge in [0.1, 0.15) is 0 Å². The van der Waals surface area contributed by atoms with Crippen LogP contribution >= 0.6 is 26.7 Å². The van der Waals surface area contributed by atoms with Crippen LogP contribution in [0.4, 0.5) is 0 Å². The van der Waals surface area contributed by atoms with Gasteiger partial charge in [-0.15, -0.1) is 10.8 Å². The SMILES string of the molecule is CCOC(=O)CCN1C(C)c2cc(Br)ccc2S1(O)O. The normalized spacial score (nSPS) is 22.4. The van der Waals surface area contributed by atoms with Gasteiger partial charge in [-0.25, -0.2) is 0 Å². The van der Waals surface area contributed by atoms with E-state index in [9.17, 15) is 13.9 Å². The number of hydrogen-bond donors (Lipinski definition) is 2. The number of fused-ring (bicyclic) bond motifs is 1. The Bertz CT molecular complexity index is 523. The van der Waals surface area contributed by atoms with Gasteiger partial charge >= 0.3 is 5.97 Å². The molecule has 1 aliphatic heterocycles. The summed E-state index contributed by atoms with van der Waals surface area (Å²) in [6.07, 6.45) is 0.142. The number of nitrogens with zero attached hydrogens (tertiary/aromatic N) is 1. The lowest BCUT2D eigenvalue weighted by Crippen LogP contribution is -2.27. The third-order valence-electron chi connectivity index (χ3n) is 3.32. The van der Waals surface area contributed by atoms with E-state index in [-0.39, 0.29) is 25.0 Å². The van der Waals surface area contributed by atoms with Crippen molar-refractivity contribution in [3.8, 4) is 0 Å². The molecule has 2 N–H and O–H groups in total. The standard InChI is InChI=1S/C13H18BrNO4S/c1-3-19-13(16)6-7-15-9(2)11-8-10(14)4-5-12(11)20(15,17)18/h4-5,8-9,17-18H,3,6-7H2,1-2H3. The predicted molar refractivity (Wildman–Crippen MR) is 81.6 cm³/mol. The van der Waals surface area contributed by atoms with Gasteiger partial charge in [-0.1, -0.05) is 15.9 Å². The molecule has 1 aliphatic rings. The molecule has 0 aromatic heterocycles. The second-order valence-electron chi connectivity index (χ2n) is 4.57. The Morgan fingerprint density at radius 1 is 1.50 bits per heavy atom. The summed E-state index contributed by atoms with van der Waals surface area (Å²) in [6.45, 7) is 4.24. The Balaban J connectivity index is 2.18. The quantitative estimate of drug-likeness (QED) is 0.796. The highest BCUT2D eigenvalue weighted by Crippen LogP contribution is 2.63. The van der Waals surface area contributed by atoms with E-state index >= 15 is 0 Å². The summed E-state index contributed by atoms with van der Waals surface area (Å²) in [5.74, 6) is -0.327. The Morgan fingerprint density at radius 3 is 2.85 bits per heavy atom. The van der Waals surface area contributed by atoms with E-state index in [0.717, 1.165) is 10.0 Å². The van der Waals surface area contributed by atoms with E-state index in [1.165, 1.54) is 0 Å². The summed E-state index contributed by atoms with van der Waals surface area (Å²) < 4.78 is 28.2. The molecule has 1 unspecified atom stereocenters. The van der Waals surface area contributed by atoms with Gasteiger partial charge in [0.15, 0.2) is 0 Å². The molecular formula is C13H18BrNO4S. The molecule has 2 rings (SSSR count). The van der Waals surface area contributed by atoms with Crippen LogP contribution in [0.2, 0.25) is 0 Å². The number of benzene rings is 1. The van der Waals surface area contributed by atoms with Crippen LogP contribution < -0.4 is 0 Å². The van der Waals surface area contributed by atoms with Gasteiger partial charge in [0, 0.05) is 11.0 Å². The zero-order valence-corrected chi connectivity index (χ0v) is 13.8. The summed E-state index contributed by atoms with van der Waals surface area (Å²) in [4.78, 5) is 12.0. The molecule has 1 atom stereocenters. The first kappa shape index (κ1) is 15.8. The van der Waals surface area contributed by atoms with Crippen molar-refractivity contribution in [3.63, 3.8) is 0 Å². The number of hydrogen-bond acceptors (Lipinski definition) is 5. The maximum Gasteiger partial charge on any atom is 0.307 e. The maximum absolute atomic E-state index is 11.4. The summed E-state index contributed by atoms with van der Waals surface area (Å²) in [7, 11) is -3.02. The Hall–Kier alpha value is -0.600. The van der Waals surface area contributed by atoms with Crippen molar-refractivity contribution in [1.29, 1.82) is 0 Å². The van der Waals surface area contributed by atoms with Crippen LogP contribution in [0.3, 0.4) is 0 Å². The molecule has 1 heterocycles. The van der Waals surface area contributed by atoms with Crippen molar-refractivity contribution in [2.75, 3.05) is 13.2 Å². The minimum Gasteiger partial charge on any atom is -0.466 e. The number of halogens is 1. The summed E-state index contributed by atoms with van der Waals surface area (Å²) in [6, 6.07) is 5.24. The molecule has 1 aromatic carbocycles. The highest BCUT2D eigenvalue weighted by atomic mass is 79.9. The molecule has 1 aromatic rings. The van der Waals surface area contributed by atoms with Gasteiger partial charge in [-0.05, 0) is 37.6 Å². The lowest BCUT2D eigenvalue weighted by atomic mass is 10.1. The van der Waals surface area contributed by atoms with E-state index in [2.05, 4.69) is 15.9 Å². The zero-order chi connectivity index (χ0) is 14.9. The van der Waals surface area contributed by atoms with Gasteiger partial charge < -0.3 is 4.74 Å². The van der Waals surface area contributed by atoms with E-state index in [4.69, 9.17) is 4.74 Å². The molecule has 5 nitrogen and oxygen atoms in total. The van der Waals surface area contributed by atoms with Crippen LogP contribution in [0.15, 0.2) is 27.6 Å². The van der Waals surface area contributed by atoms with Crippen LogP contribution in [0.1, 0.15) is 31.9 Å². The Labute approximate surface area is 128 Å². The Kier molecular flexibility index (Phi) is 4.76. The largest absolute Gasteiger partial charge is 0.466 e. The first-order chi connectivity index (χ1) is 9.37. The minimum atomic E-state index is -3.02. The number of rotatable bonds is 4. The van der Waals surface area contributed by atoms with Crippen molar-refractivity contribution in [2.24, 2.45) is 0 Å². The fourth-order valence-electron chi connectivity index (χ4n) is 2.35. The van der Waals surface area contributed by atoms with Crippen molar-refractivity contribution < 1.29 is 18.6 Å². The van der Waals surface area contributed by atoms with Crippen molar-refractivity contribution in [1.82, 2.24) is 4.31 Å². The second-order valence-corrected chi connectivity index (χ2v) is 7.43. The third kappa shape index (κ3) is 2.87. The van der Waals surface area contributed by atoms with Crippen LogP contribution in [0.5, 0.6) is 0 Å². The molecular weight excluding hydrogens is 346 g/mol. The first-order valence-corrected chi connectivity index (χ1v) is 8.67. The highest BCUT2D eigenvalue weighted by Gasteiger charge is 2.40. The third-order valence-corrected chi connectivity index (χ3v) is 5.93. The number of carbonyl (C=O) groups excluding carboxylic acids is 1.